The Hall–Kier alpha value is -1.62. The molecule has 0 aliphatic rings. The molecule has 0 aliphatic heterocycles. The first kappa shape index (κ1) is 17.4. The lowest BCUT2D eigenvalue weighted by atomic mass is 10.2. The summed E-state index contributed by atoms with van der Waals surface area (Å²) in [5.74, 6) is 0.867. The maximum absolute atomic E-state index is 12.0. The number of hydrogen-bond acceptors (Lipinski definition) is 4. The lowest BCUT2D eigenvalue weighted by molar-refractivity contribution is 0.0953. The van der Waals surface area contributed by atoms with Crippen LogP contribution in [0.4, 0.5) is 5.82 Å². The van der Waals surface area contributed by atoms with Gasteiger partial charge in [0.1, 0.15) is 5.82 Å². The van der Waals surface area contributed by atoms with Crippen molar-refractivity contribution in [2.75, 3.05) is 37.6 Å². The van der Waals surface area contributed by atoms with Crippen molar-refractivity contribution in [3.63, 3.8) is 0 Å². The van der Waals surface area contributed by atoms with Gasteiger partial charge in [-0.15, -0.1) is 0 Å². The van der Waals surface area contributed by atoms with Gasteiger partial charge in [-0.3, -0.25) is 4.79 Å². The molecule has 1 aromatic rings. The minimum absolute atomic E-state index is 0.0640. The van der Waals surface area contributed by atoms with Crippen LogP contribution in [0.1, 0.15) is 44.0 Å². The van der Waals surface area contributed by atoms with Gasteiger partial charge in [-0.1, -0.05) is 13.8 Å². The topological polar surface area (TPSA) is 57.3 Å². The zero-order chi connectivity index (χ0) is 15.5. The third kappa shape index (κ3) is 6.12. The molecule has 2 N–H and O–H groups in total. The van der Waals surface area contributed by atoms with Gasteiger partial charge in [0.25, 0.3) is 5.91 Å². The normalized spacial score (nSPS) is 10.4. The summed E-state index contributed by atoms with van der Waals surface area (Å²) in [6.45, 7) is 10.7. The molecule has 1 amide bonds. The molecule has 21 heavy (non-hydrogen) atoms. The van der Waals surface area contributed by atoms with Gasteiger partial charge >= 0.3 is 0 Å². The van der Waals surface area contributed by atoms with Crippen molar-refractivity contribution >= 4 is 11.7 Å². The summed E-state index contributed by atoms with van der Waals surface area (Å²) >= 11 is 0. The molecular formula is C16H28N4O. The molecule has 5 heteroatoms. The summed E-state index contributed by atoms with van der Waals surface area (Å²) in [5.41, 5.74) is 0.613. The Kier molecular flexibility index (Phi) is 8.43. The van der Waals surface area contributed by atoms with Crippen molar-refractivity contribution < 1.29 is 4.79 Å². The zero-order valence-electron chi connectivity index (χ0n) is 13.5. The number of rotatable bonds is 10. The van der Waals surface area contributed by atoms with Gasteiger partial charge in [0.2, 0.25) is 0 Å². The summed E-state index contributed by atoms with van der Waals surface area (Å²) in [7, 11) is 0. The van der Waals surface area contributed by atoms with Gasteiger partial charge in [0.05, 0.1) is 5.56 Å². The van der Waals surface area contributed by atoms with Crippen molar-refractivity contribution in [1.29, 1.82) is 0 Å². The lowest BCUT2D eigenvalue weighted by Crippen LogP contribution is -2.32. The van der Waals surface area contributed by atoms with Gasteiger partial charge in [0.15, 0.2) is 0 Å². The molecule has 5 nitrogen and oxygen atoms in total. The van der Waals surface area contributed by atoms with Crippen molar-refractivity contribution in [2.45, 2.75) is 33.6 Å². The molecule has 0 spiro atoms. The number of hydrogen-bond donors (Lipinski definition) is 2. The third-order valence-corrected chi connectivity index (χ3v) is 3.22. The van der Waals surface area contributed by atoms with E-state index in [1.807, 2.05) is 12.1 Å². The predicted octanol–water partition coefficient (Wildman–Crippen LogP) is 2.05. The van der Waals surface area contributed by atoms with Crippen molar-refractivity contribution in [2.24, 2.45) is 0 Å². The zero-order valence-corrected chi connectivity index (χ0v) is 13.5. The monoisotopic (exact) mass is 292 g/mol. The number of nitrogens with zero attached hydrogens (tertiary/aromatic N) is 2. The first-order valence-electron chi connectivity index (χ1n) is 7.92. The van der Waals surface area contributed by atoms with E-state index in [-0.39, 0.29) is 5.91 Å². The second kappa shape index (κ2) is 10.2. The summed E-state index contributed by atoms with van der Waals surface area (Å²) in [5, 5.41) is 6.14. The van der Waals surface area contributed by atoms with E-state index in [1.165, 1.54) is 0 Å². The summed E-state index contributed by atoms with van der Waals surface area (Å²) in [6.07, 6.45) is 3.84. The van der Waals surface area contributed by atoms with E-state index in [0.717, 1.165) is 44.8 Å². The highest BCUT2D eigenvalue weighted by Gasteiger charge is 2.08. The Labute approximate surface area is 128 Å². The molecule has 0 fully saturated rings. The second-order valence-corrected chi connectivity index (χ2v) is 4.99. The maximum atomic E-state index is 12.0. The number of carbonyl (C=O) groups excluding carboxylic acids is 1. The van der Waals surface area contributed by atoms with E-state index in [0.29, 0.717) is 12.1 Å². The van der Waals surface area contributed by atoms with Crippen molar-refractivity contribution in [3.8, 4) is 0 Å². The Balaban J connectivity index is 2.47. The maximum Gasteiger partial charge on any atom is 0.252 e. The minimum Gasteiger partial charge on any atom is -0.357 e. The van der Waals surface area contributed by atoms with Gasteiger partial charge in [0, 0.05) is 32.4 Å². The minimum atomic E-state index is -0.0640. The molecule has 0 saturated carbocycles. The van der Waals surface area contributed by atoms with Crippen LogP contribution in [0.5, 0.6) is 0 Å². The number of nitrogens with one attached hydrogen (secondary N) is 2. The molecule has 0 aromatic carbocycles. The molecular weight excluding hydrogens is 264 g/mol. The Bertz CT molecular complexity index is 405. The van der Waals surface area contributed by atoms with Crippen LogP contribution in [-0.2, 0) is 0 Å². The fraction of sp³-hybridized carbons (Fsp3) is 0.625. The average Bonchev–Trinajstić information content (AvgIpc) is 2.52. The molecule has 0 radical (unpaired) electrons. The van der Waals surface area contributed by atoms with Crippen LogP contribution in [0.25, 0.3) is 0 Å². The van der Waals surface area contributed by atoms with Crippen LogP contribution in [0.3, 0.4) is 0 Å². The number of anilines is 1. The highest BCUT2D eigenvalue weighted by molar-refractivity contribution is 5.94. The number of amides is 1. The highest BCUT2D eigenvalue weighted by atomic mass is 16.1. The molecule has 1 heterocycles. The highest BCUT2D eigenvalue weighted by Crippen LogP contribution is 2.11. The van der Waals surface area contributed by atoms with Crippen LogP contribution in [0.15, 0.2) is 18.3 Å². The number of pyridine rings is 1. The SMILES string of the molecule is CCCNCCNC(=O)c1ccc(N(CC)CCC)nc1. The van der Waals surface area contributed by atoms with Crippen LogP contribution in [-0.4, -0.2) is 43.6 Å². The molecule has 0 atom stereocenters. The predicted molar refractivity (Wildman–Crippen MR) is 87.9 cm³/mol. The Morgan fingerprint density at radius 1 is 1.14 bits per heavy atom. The molecule has 118 valence electrons. The quantitative estimate of drug-likeness (QED) is 0.648. The van der Waals surface area contributed by atoms with E-state index in [2.05, 4.69) is 41.3 Å². The number of aromatic nitrogens is 1. The van der Waals surface area contributed by atoms with Crippen LogP contribution in [0.2, 0.25) is 0 Å². The number of carbonyl (C=O) groups is 1. The summed E-state index contributed by atoms with van der Waals surface area (Å²) in [6, 6.07) is 3.76. The average molecular weight is 292 g/mol. The Morgan fingerprint density at radius 2 is 1.95 bits per heavy atom. The van der Waals surface area contributed by atoms with Crippen LogP contribution < -0.4 is 15.5 Å². The Morgan fingerprint density at radius 3 is 2.52 bits per heavy atom. The largest absolute Gasteiger partial charge is 0.357 e. The smallest absolute Gasteiger partial charge is 0.252 e. The molecule has 0 saturated heterocycles. The van der Waals surface area contributed by atoms with Crippen LogP contribution >= 0.6 is 0 Å². The fourth-order valence-electron chi connectivity index (χ4n) is 2.08. The van der Waals surface area contributed by atoms with E-state index >= 15 is 0 Å². The third-order valence-electron chi connectivity index (χ3n) is 3.22. The van der Waals surface area contributed by atoms with Crippen molar-refractivity contribution in [3.05, 3.63) is 23.9 Å². The first-order chi connectivity index (χ1) is 10.2. The summed E-state index contributed by atoms with van der Waals surface area (Å²) < 4.78 is 0. The van der Waals surface area contributed by atoms with E-state index in [9.17, 15) is 4.79 Å². The van der Waals surface area contributed by atoms with E-state index in [4.69, 9.17) is 0 Å². The van der Waals surface area contributed by atoms with E-state index in [1.54, 1.807) is 6.20 Å². The molecule has 0 aliphatic carbocycles. The first-order valence-corrected chi connectivity index (χ1v) is 7.92. The van der Waals surface area contributed by atoms with E-state index < -0.39 is 0 Å². The lowest BCUT2D eigenvalue weighted by Gasteiger charge is -2.21. The molecule has 0 unspecified atom stereocenters. The van der Waals surface area contributed by atoms with Gasteiger partial charge < -0.3 is 15.5 Å². The standard InChI is InChI=1S/C16H28N4O/c1-4-9-17-10-11-18-16(21)14-7-8-15(19-13-14)20(6-3)12-5-2/h7-8,13,17H,4-6,9-12H2,1-3H3,(H,18,21). The van der Waals surface area contributed by atoms with Gasteiger partial charge in [-0.2, -0.15) is 0 Å². The van der Waals surface area contributed by atoms with Crippen molar-refractivity contribution in [1.82, 2.24) is 15.6 Å². The molecule has 0 bridgehead atoms. The second-order valence-electron chi connectivity index (χ2n) is 4.99. The van der Waals surface area contributed by atoms with Crippen LogP contribution in [0, 0.1) is 0 Å². The molecule has 1 aromatic heterocycles. The summed E-state index contributed by atoms with van der Waals surface area (Å²) in [4.78, 5) is 18.6. The molecule has 1 rings (SSSR count). The fourth-order valence-corrected chi connectivity index (χ4v) is 2.08. The van der Waals surface area contributed by atoms with Gasteiger partial charge in [-0.25, -0.2) is 4.98 Å². The van der Waals surface area contributed by atoms with Gasteiger partial charge in [-0.05, 0) is 38.4 Å².